The van der Waals surface area contributed by atoms with Crippen molar-refractivity contribution in [2.45, 2.75) is 56.6 Å². The number of ether oxygens (including phenoxy) is 2. The number of aromatic amines is 1. The fraction of sp³-hybridized carbons (Fsp3) is 0.579. The van der Waals surface area contributed by atoms with E-state index < -0.39 is 0 Å². The van der Waals surface area contributed by atoms with Gasteiger partial charge in [0.25, 0.3) is 0 Å². The Morgan fingerprint density at radius 3 is 3.04 bits per heavy atom. The van der Waals surface area contributed by atoms with Crippen LogP contribution in [0, 0.1) is 0 Å². The molecule has 3 atom stereocenters. The molecule has 1 aliphatic heterocycles. The van der Waals surface area contributed by atoms with Crippen molar-refractivity contribution in [3.63, 3.8) is 0 Å². The van der Waals surface area contributed by atoms with E-state index in [2.05, 4.69) is 15.5 Å². The number of nitrogens with zero attached hydrogens (tertiary/aromatic N) is 1. The first-order valence-corrected chi connectivity index (χ1v) is 9.18. The number of hydrogen-bond donors (Lipinski definition) is 2. The van der Waals surface area contributed by atoms with Gasteiger partial charge in [-0.2, -0.15) is 5.10 Å². The van der Waals surface area contributed by atoms with Crippen LogP contribution in [-0.2, 0) is 9.53 Å². The highest BCUT2D eigenvalue weighted by atomic mass is 16.5. The molecular formula is C19H25N3O3. The lowest BCUT2D eigenvalue weighted by atomic mass is 9.82. The van der Waals surface area contributed by atoms with Crippen LogP contribution in [0.5, 0.6) is 5.75 Å². The summed E-state index contributed by atoms with van der Waals surface area (Å²) >= 11 is 0. The van der Waals surface area contributed by atoms with Gasteiger partial charge in [0.2, 0.25) is 5.91 Å². The van der Waals surface area contributed by atoms with Crippen molar-refractivity contribution in [3.8, 4) is 5.75 Å². The average molecular weight is 343 g/mol. The first-order chi connectivity index (χ1) is 12.2. The van der Waals surface area contributed by atoms with E-state index >= 15 is 0 Å². The first-order valence-electron chi connectivity index (χ1n) is 9.18. The third-order valence-corrected chi connectivity index (χ3v) is 5.44. The number of methoxy groups -OCH3 is 1. The summed E-state index contributed by atoms with van der Waals surface area (Å²) in [6.07, 6.45) is 5.75. The number of benzene rings is 1. The van der Waals surface area contributed by atoms with Gasteiger partial charge in [-0.25, -0.2) is 0 Å². The standard InChI is InChI=1S/C19H25N3O3/c1-24-14-7-8-16-15(11-14)18(22-21-16)12-4-2-5-13(10-12)20-19(23)17-6-3-9-25-17/h7-8,11-13,17H,2-6,9-10H2,1H3,(H,20,23)(H,21,22)/t12-,13+,17+/m1/s1. The number of rotatable bonds is 4. The molecule has 0 bridgehead atoms. The Balaban J connectivity index is 1.48. The Kier molecular flexibility index (Phi) is 4.61. The Morgan fingerprint density at radius 2 is 2.24 bits per heavy atom. The second kappa shape index (κ2) is 7.04. The molecule has 25 heavy (non-hydrogen) atoms. The van der Waals surface area contributed by atoms with Crippen LogP contribution in [0.4, 0.5) is 0 Å². The zero-order chi connectivity index (χ0) is 17.2. The van der Waals surface area contributed by atoms with Crippen LogP contribution in [0.3, 0.4) is 0 Å². The third-order valence-electron chi connectivity index (χ3n) is 5.44. The smallest absolute Gasteiger partial charge is 0.249 e. The van der Waals surface area contributed by atoms with Crippen molar-refractivity contribution >= 4 is 16.8 Å². The van der Waals surface area contributed by atoms with Gasteiger partial charge in [0.1, 0.15) is 11.9 Å². The molecule has 2 heterocycles. The minimum absolute atomic E-state index is 0.0549. The molecule has 1 aromatic heterocycles. The van der Waals surface area contributed by atoms with Gasteiger partial charge >= 0.3 is 0 Å². The summed E-state index contributed by atoms with van der Waals surface area (Å²) in [5.74, 6) is 1.27. The zero-order valence-corrected chi connectivity index (χ0v) is 14.6. The Bertz CT molecular complexity index is 751. The molecule has 1 aliphatic carbocycles. The molecule has 0 radical (unpaired) electrons. The normalized spacial score (nSPS) is 26.7. The van der Waals surface area contributed by atoms with Crippen LogP contribution in [0.25, 0.3) is 10.9 Å². The molecule has 1 saturated heterocycles. The van der Waals surface area contributed by atoms with E-state index in [4.69, 9.17) is 9.47 Å². The van der Waals surface area contributed by atoms with Crippen molar-refractivity contribution in [1.82, 2.24) is 15.5 Å². The molecule has 134 valence electrons. The van der Waals surface area contributed by atoms with Gasteiger partial charge in [-0.3, -0.25) is 9.89 Å². The van der Waals surface area contributed by atoms with Crippen molar-refractivity contribution in [2.24, 2.45) is 0 Å². The van der Waals surface area contributed by atoms with Gasteiger partial charge in [-0.05, 0) is 50.3 Å². The number of aromatic nitrogens is 2. The molecule has 2 aliphatic rings. The minimum atomic E-state index is -0.252. The van der Waals surface area contributed by atoms with E-state index in [1.807, 2.05) is 18.2 Å². The lowest BCUT2D eigenvalue weighted by Crippen LogP contribution is -2.43. The van der Waals surface area contributed by atoms with Gasteiger partial charge in [0, 0.05) is 29.6 Å². The van der Waals surface area contributed by atoms with Crippen LogP contribution in [0.15, 0.2) is 18.2 Å². The predicted molar refractivity (Wildman–Crippen MR) is 94.8 cm³/mol. The number of H-pyrrole nitrogens is 1. The molecule has 6 heteroatoms. The van der Waals surface area contributed by atoms with E-state index in [1.54, 1.807) is 7.11 Å². The highest BCUT2D eigenvalue weighted by Gasteiger charge is 2.30. The maximum Gasteiger partial charge on any atom is 0.249 e. The summed E-state index contributed by atoms with van der Waals surface area (Å²) in [7, 11) is 1.68. The second-order valence-electron chi connectivity index (χ2n) is 7.09. The number of carbonyl (C=O) groups is 1. The van der Waals surface area contributed by atoms with Crippen LogP contribution in [-0.4, -0.2) is 42.0 Å². The SMILES string of the molecule is COc1ccc2n[nH]c([C@@H]3CCC[C@H](NC(=O)[C@@H]4CCCO4)C3)c2c1. The number of amides is 1. The molecule has 0 spiro atoms. The predicted octanol–water partition coefficient (Wildman–Crippen LogP) is 2.89. The maximum absolute atomic E-state index is 12.3. The molecule has 2 aromatic rings. The molecule has 6 nitrogen and oxygen atoms in total. The van der Waals surface area contributed by atoms with Gasteiger partial charge in [-0.1, -0.05) is 6.42 Å². The second-order valence-corrected chi connectivity index (χ2v) is 7.09. The molecule has 1 saturated carbocycles. The van der Waals surface area contributed by atoms with Crippen LogP contribution in [0.2, 0.25) is 0 Å². The van der Waals surface area contributed by atoms with Gasteiger partial charge in [0.05, 0.1) is 12.6 Å². The number of nitrogens with one attached hydrogen (secondary N) is 2. The van der Waals surface area contributed by atoms with Gasteiger partial charge < -0.3 is 14.8 Å². The maximum atomic E-state index is 12.3. The quantitative estimate of drug-likeness (QED) is 0.895. The minimum Gasteiger partial charge on any atom is -0.497 e. The summed E-state index contributed by atoms with van der Waals surface area (Å²) in [6.45, 7) is 0.702. The van der Waals surface area contributed by atoms with Crippen LogP contribution in [0.1, 0.15) is 50.1 Å². The highest BCUT2D eigenvalue weighted by Crippen LogP contribution is 2.36. The summed E-state index contributed by atoms with van der Waals surface area (Å²) in [6, 6.07) is 6.16. The fourth-order valence-corrected chi connectivity index (χ4v) is 4.11. The molecule has 2 fully saturated rings. The van der Waals surface area contributed by atoms with E-state index in [-0.39, 0.29) is 18.1 Å². The molecule has 1 amide bonds. The summed E-state index contributed by atoms with van der Waals surface area (Å²) in [4.78, 5) is 12.3. The topological polar surface area (TPSA) is 76.2 Å². The largest absolute Gasteiger partial charge is 0.497 e. The van der Waals surface area contributed by atoms with E-state index in [9.17, 15) is 4.79 Å². The molecular weight excluding hydrogens is 318 g/mol. The lowest BCUT2D eigenvalue weighted by molar-refractivity contribution is -0.131. The zero-order valence-electron chi connectivity index (χ0n) is 14.6. The van der Waals surface area contributed by atoms with Crippen molar-refractivity contribution in [2.75, 3.05) is 13.7 Å². The lowest BCUT2D eigenvalue weighted by Gasteiger charge is -2.30. The number of fused-ring (bicyclic) bond motifs is 1. The third kappa shape index (κ3) is 3.35. The van der Waals surface area contributed by atoms with Crippen LogP contribution >= 0.6 is 0 Å². The molecule has 1 aromatic carbocycles. The fourth-order valence-electron chi connectivity index (χ4n) is 4.11. The van der Waals surface area contributed by atoms with Gasteiger partial charge in [-0.15, -0.1) is 0 Å². The van der Waals surface area contributed by atoms with Crippen LogP contribution < -0.4 is 10.1 Å². The van der Waals surface area contributed by atoms with E-state index in [1.165, 1.54) is 0 Å². The summed E-state index contributed by atoms with van der Waals surface area (Å²) in [5.41, 5.74) is 2.12. The summed E-state index contributed by atoms with van der Waals surface area (Å²) in [5, 5.41) is 12.0. The Labute approximate surface area is 147 Å². The Hall–Kier alpha value is -2.08. The first kappa shape index (κ1) is 16.4. The monoisotopic (exact) mass is 343 g/mol. The Morgan fingerprint density at radius 1 is 1.32 bits per heavy atom. The van der Waals surface area contributed by atoms with Crippen molar-refractivity contribution < 1.29 is 14.3 Å². The number of carbonyl (C=O) groups excluding carboxylic acids is 1. The molecule has 4 rings (SSSR count). The molecule has 0 unspecified atom stereocenters. The molecule has 2 N–H and O–H groups in total. The highest BCUT2D eigenvalue weighted by molar-refractivity contribution is 5.83. The van der Waals surface area contributed by atoms with Crippen molar-refractivity contribution in [1.29, 1.82) is 0 Å². The van der Waals surface area contributed by atoms with E-state index in [0.29, 0.717) is 12.5 Å². The van der Waals surface area contributed by atoms with Crippen molar-refractivity contribution in [3.05, 3.63) is 23.9 Å². The van der Waals surface area contributed by atoms with Gasteiger partial charge in [0.15, 0.2) is 0 Å². The number of hydrogen-bond acceptors (Lipinski definition) is 4. The summed E-state index contributed by atoms with van der Waals surface area (Å²) < 4.78 is 10.8. The van der Waals surface area contributed by atoms with E-state index in [0.717, 1.165) is 60.9 Å². The average Bonchev–Trinajstić information content (AvgIpc) is 3.31.